The molecular formula is C14H19N3. The van der Waals surface area contributed by atoms with Crippen LogP contribution in [0.15, 0.2) is 31.0 Å². The highest BCUT2D eigenvalue weighted by atomic mass is 14.9. The summed E-state index contributed by atoms with van der Waals surface area (Å²) in [7, 11) is 0. The molecule has 0 fully saturated rings. The molecule has 2 aromatic heterocycles. The van der Waals surface area contributed by atoms with Crippen LogP contribution >= 0.6 is 0 Å². The van der Waals surface area contributed by atoms with Gasteiger partial charge < -0.3 is 4.98 Å². The van der Waals surface area contributed by atoms with E-state index < -0.39 is 0 Å². The minimum absolute atomic E-state index is 0. The van der Waals surface area contributed by atoms with Crippen LogP contribution in [-0.4, -0.2) is 15.0 Å². The molecule has 0 amide bonds. The monoisotopic (exact) mass is 229 g/mol. The maximum atomic E-state index is 4.18. The Bertz CT molecular complexity index is 462. The second kappa shape index (κ2) is 5.13. The molecule has 0 aliphatic heterocycles. The van der Waals surface area contributed by atoms with Crippen LogP contribution in [0.2, 0.25) is 0 Å². The van der Waals surface area contributed by atoms with E-state index in [4.69, 9.17) is 0 Å². The normalized spacial score (nSPS) is 18.2. The average molecular weight is 229 g/mol. The summed E-state index contributed by atoms with van der Waals surface area (Å²) in [5.74, 6) is 0.746. The quantitative estimate of drug-likeness (QED) is 0.860. The summed E-state index contributed by atoms with van der Waals surface area (Å²) in [6, 6.07) is 2.16. The van der Waals surface area contributed by atoms with Crippen molar-refractivity contribution in [3.05, 3.63) is 47.8 Å². The van der Waals surface area contributed by atoms with Crippen LogP contribution in [-0.2, 0) is 19.3 Å². The van der Waals surface area contributed by atoms with Crippen molar-refractivity contribution in [2.45, 2.75) is 33.1 Å². The molecule has 1 aliphatic carbocycles. The summed E-state index contributed by atoms with van der Waals surface area (Å²) >= 11 is 0. The zero-order valence-electron chi connectivity index (χ0n) is 9.19. The smallest absolute Gasteiger partial charge is 0.0921 e. The molecule has 0 saturated carbocycles. The molecule has 3 heteroatoms. The zero-order valence-corrected chi connectivity index (χ0v) is 9.19. The van der Waals surface area contributed by atoms with Gasteiger partial charge in [-0.25, -0.2) is 4.98 Å². The molecule has 90 valence electrons. The minimum Gasteiger partial charge on any atom is -0.348 e. The molecule has 2 aromatic rings. The Morgan fingerprint density at radius 3 is 3.00 bits per heavy atom. The number of rotatable bonds is 2. The third-order valence-electron chi connectivity index (χ3n) is 3.40. The van der Waals surface area contributed by atoms with E-state index in [2.05, 4.69) is 21.0 Å². The maximum absolute atomic E-state index is 4.18. The van der Waals surface area contributed by atoms with Gasteiger partial charge in [-0.15, -0.1) is 0 Å². The number of aryl methyl sites for hydroxylation is 1. The Morgan fingerprint density at radius 1 is 1.24 bits per heavy atom. The fraction of sp³-hybridized carbons (Fsp3) is 0.429. The van der Waals surface area contributed by atoms with Gasteiger partial charge in [0.1, 0.15) is 0 Å². The lowest BCUT2D eigenvalue weighted by Gasteiger charge is -2.23. The van der Waals surface area contributed by atoms with Crippen molar-refractivity contribution in [1.82, 2.24) is 15.0 Å². The van der Waals surface area contributed by atoms with Crippen molar-refractivity contribution in [3.8, 4) is 0 Å². The highest BCUT2D eigenvalue weighted by molar-refractivity contribution is 5.26. The van der Waals surface area contributed by atoms with Crippen LogP contribution in [0, 0.1) is 5.92 Å². The maximum Gasteiger partial charge on any atom is 0.0921 e. The molecule has 2 heterocycles. The van der Waals surface area contributed by atoms with Crippen molar-refractivity contribution in [2.24, 2.45) is 5.92 Å². The summed E-state index contributed by atoms with van der Waals surface area (Å²) in [5.41, 5.74) is 4.16. The lowest BCUT2D eigenvalue weighted by Crippen LogP contribution is -2.16. The predicted octanol–water partition coefficient (Wildman–Crippen LogP) is 2.79. The summed E-state index contributed by atoms with van der Waals surface area (Å²) in [6.45, 7) is 0. The molecule has 0 saturated heterocycles. The fourth-order valence-corrected chi connectivity index (χ4v) is 2.53. The Labute approximate surface area is 102 Å². The van der Waals surface area contributed by atoms with Gasteiger partial charge in [-0.2, -0.15) is 0 Å². The van der Waals surface area contributed by atoms with Gasteiger partial charge in [0.2, 0.25) is 0 Å². The molecule has 0 radical (unpaired) electrons. The van der Waals surface area contributed by atoms with Crippen LogP contribution in [0.3, 0.4) is 0 Å². The number of imidazole rings is 1. The number of hydrogen-bond donors (Lipinski definition) is 1. The van der Waals surface area contributed by atoms with Gasteiger partial charge in [-0.1, -0.05) is 7.43 Å². The topological polar surface area (TPSA) is 41.6 Å². The number of fused-ring (bicyclic) bond motifs is 1. The summed E-state index contributed by atoms with van der Waals surface area (Å²) < 4.78 is 0. The Balaban J connectivity index is 0.00000108. The standard InChI is InChI=1S/C13H15N3.CH4/c1-2-12-7-14-4-3-11(12)5-10(1)6-13-8-15-9-16-13;/h3-4,7-10H,1-2,5-6H2,(H,15,16);1H4. The van der Waals surface area contributed by atoms with Crippen LogP contribution in [0.5, 0.6) is 0 Å². The van der Waals surface area contributed by atoms with Gasteiger partial charge in [-0.05, 0) is 48.8 Å². The molecule has 0 spiro atoms. The van der Waals surface area contributed by atoms with Crippen LogP contribution < -0.4 is 0 Å². The van der Waals surface area contributed by atoms with E-state index in [1.54, 1.807) is 6.33 Å². The van der Waals surface area contributed by atoms with Crippen molar-refractivity contribution in [1.29, 1.82) is 0 Å². The molecule has 1 atom stereocenters. The predicted molar refractivity (Wildman–Crippen MR) is 68.8 cm³/mol. The molecule has 3 nitrogen and oxygen atoms in total. The zero-order chi connectivity index (χ0) is 10.8. The third kappa shape index (κ3) is 2.54. The number of H-pyrrole nitrogens is 1. The molecule has 1 unspecified atom stereocenters. The first-order chi connectivity index (χ1) is 7.92. The Hall–Kier alpha value is -1.64. The summed E-state index contributed by atoms with van der Waals surface area (Å²) in [5, 5.41) is 0. The SMILES string of the molecule is C.c1cc2c(cn1)CCC(Cc1cnc[nH]1)C2. The van der Waals surface area contributed by atoms with Crippen molar-refractivity contribution in [2.75, 3.05) is 0 Å². The minimum atomic E-state index is 0. The highest BCUT2D eigenvalue weighted by Gasteiger charge is 2.19. The largest absolute Gasteiger partial charge is 0.348 e. The second-order valence-corrected chi connectivity index (χ2v) is 4.53. The van der Waals surface area contributed by atoms with Gasteiger partial charge in [0, 0.05) is 24.3 Å². The van der Waals surface area contributed by atoms with E-state index >= 15 is 0 Å². The first-order valence-corrected chi connectivity index (χ1v) is 5.81. The van der Waals surface area contributed by atoms with E-state index in [0.717, 1.165) is 12.3 Å². The second-order valence-electron chi connectivity index (χ2n) is 4.53. The summed E-state index contributed by atoms with van der Waals surface area (Å²) in [4.78, 5) is 11.4. The van der Waals surface area contributed by atoms with E-state index in [0.29, 0.717) is 0 Å². The third-order valence-corrected chi connectivity index (χ3v) is 3.40. The van der Waals surface area contributed by atoms with Gasteiger partial charge in [0.15, 0.2) is 0 Å². The fourth-order valence-electron chi connectivity index (χ4n) is 2.53. The average Bonchev–Trinajstić information content (AvgIpc) is 2.82. The van der Waals surface area contributed by atoms with Crippen molar-refractivity contribution in [3.63, 3.8) is 0 Å². The molecule has 0 aromatic carbocycles. The van der Waals surface area contributed by atoms with Gasteiger partial charge >= 0.3 is 0 Å². The first kappa shape index (κ1) is 11.8. The number of aromatic nitrogens is 3. The van der Waals surface area contributed by atoms with Crippen LogP contribution in [0.4, 0.5) is 0 Å². The van der Waals surface area contributed by atoms with Crippen molar-refractivity contribution < 1.29 is 0 Å². The van der Waals surface area contributed by atoms with Crippen LogP contribution in [0.1, 0.15) is 30.7 Å². The molecular weight excluding hydrogens is 210 g/mol. The molecule has 1 aliphatic rings. The Morgan fingerprint density at radius 2 is 2.18 bits per heavy atom. The number of nitrogens with one attached hydrogen (secondary N) is 1. The van der Waals surface area contributed by atoms with Gasteiger partial charge in [0.05, 0.1) is 6.33 Å². The molecule has 0 bridgehead atoms. The highest BCUT2D eigenvalue weighted by Crippen LogP contribution is 2.26. The number of pyridine rings is 1. The van der Waals surface area contributed by atoms with E-state index in [1.165, 1.54) is 36.1 Å². The summed E-state index contributed by atoms with van der Waals surface area (Å²) in [6.07, 6.45) is 12.3. The van der Waals surface area contributed by atoms with Crippen LogP contribution in [0.25, 0.3) is 0 Å². The first-order valence-electron chi connectivity index (χ1n) is 5.81. The number of aromatic amines is 1. The van der Waals surface area contributed by atoms with E-state index in [1.807, 2.05) is 18.6 Å². The number of hydrogen-bond acceptors (Lipinski definition) is 2. The molecule has 3 rings (SSSR count). The van der Waals surface area contributed by atoms with Gasteiger partial charge in [0.25, 0.3) is 0 Å². The lowest BCUT2D eigenvalue weighted by atomic mass is 9.82. The number of nitrogens with zero attached hydrogens (tertiary/aromatic N) is 2. The Kier molecular flexibility index (Phi) is 3.57. The van der Waals surface area contributed by atoms with Crippen molar-refractivity contribution >= 4 is 0 Å². The van der Waals surface area contributed by atoms with E-state index in [9.17, 15) is 0 Å². The lowest BCUT2D eigenvalue weighted by molar-refractivity contribution is 0.451. The molecule has 17 heavy (non-hydrogen) atoms. The van der Waals surface area contributed by atoms with Gasteiger partial charge in [-0.3, -0.25) is 4.98 Å². The van der Waals surface area contributed by atoms with E-state index in [-0.39, 0.29) is 7.43 Å². The molecule has 1 N–H and O–H groups in total.